The van der Waals surface area contributed by atoms with E-state index in [1.807, 2.05) is 48.5 Å². The van der Waals surface area contributed by atoms with Gasteiger partial charge in [-0.15, -0.1) is 0 Å². The van der Waals surface area contributed by atoms with Crippen molar-refractivity contribution in [2.24, 2.45) is 0 Å². The molecule has 0 heterocycles. The molecule has 0 fully saturated rings. The molecule has 4 heteroatoms. The van der Waals surface area contributed by atoms with Crippen LogP contribution in [0, 0.1) is 0 Å². The molecule has 0 aromatic heterocycles. The molecule has 3 aromatic carbocycles. The fraction of sp³-hybridized carbons (Fsp3) is 0. The molecule has 0 aliphatic carbocycles. The zero-order valence-electron chi connectivity index (χ0n) is 11.7. The van der Waals surface area contributed by atoms with Gasteiger partial charge in [0.25, 0.3) is 0 Å². The Balaban J connectivity index is 2.00. The van der Waals surface area contributed by atoms with Crippen LogP contribution in [-0.2, 0) is 0 Å². The van der Waals surface area contributed by atoms with Gasteiger partial charge in [0.15, 0.2) is 0 Å². The molecule has 0 N–H and O–H groups in total. The minimum atomic E-state index is -0.910. The Bertz CT molecular complexity index is 668. The summed E-state index contributed by atoms with van der Waals surface area (Å²) in [6.07, 6.45) is 0. The van der Waals surface area contributed by atoms with Crippen molar-refractivity contribution in [3.8, 4) is 0 Å². The molecule has 22 heavy (non-hydrogen) atoms. The number of hydrogen-bond acceptors (Lipinski definition) is 0. The van der Waals surface area contributed by atoms with Crippen molar-refractivity contribution < 1.29 is 0 Å². The van der Waals surface area contributed by atoms with Crippen LogP contribution in [0.25, 0.3) is 0 Å². The molecule has 2 atom stereocenters. The molecule has 0 aliphatic rings. The predicted octanol–water partition coefficient (Wildman–Crippen LogP) is 4.86. The first kappa shape index (κ1) is 16.0. The van der Waals surface area contributed by atoms with Gasteiger partial charge in [-0.1, -0.05) is 107 Å². The van der Waals surface area contributed by atoms with Crippen molar-refractivity contribution >= 4 is 58.2 Å². The third-order valence-corrected chi connectivity index (χ3v) is 8.84. The maximum atomic E-state index is 6.78. The zero-order chi connectivity index (χ0) is 15.4. The van der Waals surface area contributed by atoms with E-state index in [0.717, 1.165) is 21.2 Å². The molecule has 0 amide bonds. The molecule has 0 spiro atoms. The molecule has 0 aliphatic heterocycles. The van der Waals surface area contributed by atoms with Gasteiger partial charge in [-0.3, -0.25) is 0 Å². The summed E-state index contributed by atoms with van der Waals surface area (Å²) in [6, 6.07) is 28.7. The monoisotopic (exact) mass is 362 g/mol. The van der Waals surface area contributed by atoms with Crippen LogP contribution < -0.4 is 21.2 Å². The minimum absolute atomic E-state index is 0.910. The lowest BCUT2D eigenvalue weighted by Gasteiger charge is -2.18. The van der Waals surface area contributed by atoms with Crippen LogP contribution in [0.4, 0.5) is 0 Å². The summed E-state index contributed by atoms with van der Waals surface area (Å²) >= 11 is 13.6. The highest BCUT2D eigenvalue weighted by Crippen LogP contribution is 2.44. The molecule has 0 saturated carbocycles. The van der Waals surface area contributed by atoms with E-state index in [1.165, 1.54) is 0 Å². The van der Waals surface area contributed by atoms with Gasteiger partial charge in [0.2, 0.25) is 0 Å². The van der Waals surface area contributed by atoms with Crippen LogP contribution in [0.2, 0.25) is 0 Å². The van der Waals surface area contributed by atoms with Crippen molar-refractivity contribution in [2.45, 2.75) is 0 Å². The Morgan fingerprint density at radius 3 is 1.14 bits per heavy atom. The molecule has 0 nitrogen and oxygen atoms in total. The molecule has 0 bridgehead atoms. The van der Waals surface area contributed by atoms with Gasteiger partial charge in [-0.05, 0) is 10.6 Å². The molecule has 0 saturated heterocycles. The van der Waals surface area contributed by atoms with Crippen molar-refractivity contribution in [3.05, 3.63) is 84.9 Å². The van der Waals surface area contributed by atoms with Crippen LogP contribution in [0.3, 0.4) is 0 Å². The quantitative estimate of drug-likeness (QED) is 0.581. The summed E-state index contributed by atoms with van der Waals surface area (Å²) < 4.78 is 0. The smallest absolute Gasteiger partial charge is 0.0531 e. The maximum Gasteiger partial charge on any atom is 0.0531 e. The van der Waals surface area contributed by atoms with Gasteiger partial charge in [0.05, 0.1) is 14.5 Å². The fourth-order valence-corrected chi connectivity index (χ4v) is 7.12. The Hall–Kier alpha value is -0.900. The predicted molar refractivity (Wildman–Crippen MR) is 103 cm³/mol. The summed E-state index contributed by atoms with van der Waals surface area (Å²) in [4.78, 5) is 0. The summed E-state index contributed by atoms with van der Waals surface area (Å²) in [5, 5.41) is 4.60. The van der Waals surface area contributed by atoms with Crippen molar-refractivity contribution in [1.29, 1.82) is 0 Å². The average molecular weight is 363 g/mol. The lowest BCUT2D eigenvalue weighted by molar-refractivity contribution is 1.77. The lowest BCUT2D eigenvalue weighted by Crippen LogP contribution is -2.25. The van der Waals surface area contributed by atoms with Gasteiger partial charge in [0, 0.05) is 10.6 Å². The first-order valence-corrected chi connectivity index (χ1v) is 11.4. The number of benzene rings is 3. The zero-order valence-corrected chi connectivity index (χ0v) is 15.0. The second-order valence-corrected chi connectivity index (χ2v) is 9.87. The first-order chi connectivity index (χ1) is 10.8. The molecular weight excluding hydrogens is 349 g/mol. The van der Waals surface area contributed by atoms with Gasteiger partial charge in [-0.2, -0.15) is 0 Å². The van der Waals surface area contributed by atoms with Crippen molar-refractivity contribution in [3.63, 3.8) is 0 Å². The standard InChI is InChI=1S/C18H14Cl2P2/c19-21(15-9-3-1-4-10-15)17-13-7-8-14-18(17)22(20)16-11-5-2-6-12-16/h1-14H. The second kappa shape index (κ2) is 7.58. The number of rotatable bonds is 4. The maximum absolute atomic E-state index is 6.78. The van der Waals surface area contributed by atoms with Crippen LogP contribution >= 0.6 is 37.0 Å². The highest BCUT2D eigenvalue weighted by molar-refractivity contribution is 8.00. The van der Waals surface area contributed by atoms with E-state index in [0.29, 0.717) is 0 Å². The van der Waals surface area contributed by atoms with E-state index in [4.69, 9.17) is 22.5 Å². The van der Waals surface area contributed by atoms with E-state index in [2.05, 4.69) is 36.4 Å². The molecule has 2 unspecified atom stereocenters. The summed E-state index contributed by atoms with van der Waals surface area (Å²) in [7, 11) is -1.82. The Morgan fingerprint density at radius 2 is 0.773 bits per heavy atom. The van der Waals surface area contributed by atoms with E-state index < -0.39 is 14.5 Å². The van der Waals surface area contributed by atoms with Crippen LogP contribution in [-0.4, -0.2) is 0 Å². The summed E-state index contributed by atoms with van der Waals surface area (Å²) in [6.45, 7) is 0. The van der Waals surface area contributed by atoms with Gasteiger partial charge < -0.3 is 0 Å². The summed E-state index contributed by atoms with van der Waals surface area (Å²) in [5.41, 5.74) is 0. The van der Waals surface area contributed by atoms with E-state index in [9.17, 15) is 0 Å². The normalized spacial score (nSPS) is 13.5. The highest BCUT2D eigenvalue weighted by atomic mass is 35.7. The molecular formula is C18H14Cl2P2. The SMILES string of the molecule is ClP(c1ccccc1)c1ccccc1P(Cl)c1ccccc1. The van der Waals surface area contributed by atoms with Gasteiger partial charge in [-0.25, -0.2) is 0 Å². The third kappa shape index (κ3) is 3.53. The summed E-state index contributed by atoms with van der Waals surface area (Å²) in [5.74, 6) is 0. The highest BCUT2D eigenvalue weighted by Gasteiger charge is 2.20. The van der Waals surface area contributed by atoms with E-state index >= 15 is 0 Å². The number of halogens is 2. The Kier molecular flexibility index (Phi) is 5.51. The minimum Gasteiger partial charge on any atom is -0.0858 e. The van der Waals surface area contributed by atoms with Crippen molar-refractivity contribution in [1.82, 2.24) is 0 Å². The topological polar surface area (TPSA) is 0 Å². The number of hydrogen-bond donors (Lipinski definition) is 0. The van der Waals surface area contributed by atoms with E-state index in [-0.39, 0.29) is 0 Å². The molecule has 110 valence electrons. The molecule has 3 rings (SSSR count). The van der Waals surface area contributed by atoms with Crippen molar-refractivity contribution in [2.75, 3.05) is 0 Å². The van der Waals surface area contributed by atoms with Crippen LogP contribution in [0.5, 0.6) is 0 Å². The average Bonchev–Trinajstić information content (AvgIpc) is 2.62. The van der Waals surface area contributed by atoms with Crippen LogP contribution in [0.15, 0.2) is 84.9 Å². The Labute approximate surface area is 143 Å². The van der Waals surface area contributed by atoms with Gasteiger partial charge >= 0.3 is 0 Å². The van der Waals surface area contributed by atoms with Gasteiger partial charge in [0.1, 0.15) is 0 Å². The molecule has 3 aromatic rings. The largest absolute Gasteiger partial charge is 0.0858 e. The van der Waals surface area contributed by atoms with E-state index in [1.54, 1.807) is 0 Å². The lowest BCUT2D eigenvalue weighted by atomic mass is 10.4. The second-order valence-electron chi connectivity index (χ2n) is 4.72. The first-order valence-electron chi connectivity index (χ1n) is 6.88. The third-order valence-electron chi connectivity index (χ3n) is 3.27. The molecule has 0 radical (unpaired) electrons. The fourth-order valence-electron chi connectivity index (χ4n) is 2.19. The van der Waals surface area contributed by atoms with Crippen LogP contribution in [0.1, 0.15) is 0 Å². The Morgan fingerprint density at radius 1 is 0.455 bits per heavy atom.